The standard InChI is InChI=1S/C14H22N4O3/c1-10(9-18-6-4-3-5-7-18)16-13(19)12-11(14(20)21)8-15-17(12)2/h8,10H,3-7,9H2,1-2H3,(H,16,19)(H,20,21)/t10-/m1/s1. The van der Waals surface area contributed by atoms with Gasteiger partial charge in [0.15, 0.2) is 0 Å². The normalized spacial score (nSPS) is 17.4. The molecule has 1 saturated heterocycles. The number of amides is 1. The Labute approximate surface area is 123 Å². The number of nitrogens with one attached hydrogen (secondary N) is 1. The number of hydrogen-bond acceptors (Lipinski definition) is 4. The van der Waals surface area contributed by atoms with E-state index < -0.39 is 11.9 Å². The van der Waals surface area contributed by atoms with Gasteiger partial charge in [0.1, 0.15) is 11.3 Å². The zero-order valence-corrected chi connectivity index (χ0v) is 12.5. The molecular formula is C14H22N4O3. The van der Waals surface area contributed by atoms with Crippen molar-refractivity contribution in [3.63, 3.8) is 0 Å². The van der Waals surface area contributed by atoms with Gasteiger partial charge in [-0.2, -0.15) is 5.10 Å². The number of piperidine rings is 1. The predicted octanol–water partition coefficient (Wildman–Crippen LogP) is 0.723. The molecule has 1 aliphatic rings. The molecule has 2 heterocycles. The Balaban J connectivity index is 1.97. The maximum atomic E-state index is 12.3. The van der Waals surface area contributed by atoms with Crippen LogP contribution in [-0.2, 0) is 7.05 Å². The lowest BCUT2D eigenvalue weighted by Crippen LogP contribution is -2.44. The van der Waals surface area contributed by atoms with Crippen LogP contribution in [0, 0.1) is 0 Å². The van der Waals surface area contributed by atoms with E-state index >= 15 is 0 Å². The van der Waals surface area contributed by atoms with Crippen molar-refractivity contribution in [3.8, 4) is 0 Å². The number of carboxylic acid groups (broad SMARTS) is 1. The van der Waals surface area contributed by atoms with Gasteiger partial charge < -0.3 is 15.3 Å². The second kappa shape index (κ2) is 6.71. The van der Waals surface area contributed by atoms with E-state index in [1.54, 1.807) is 7.05 Å². The smallest absolute Gasteiger partial charge is 0.339 e. The first kappa shape index (κ1) is 15.5. The second-order valence-corrected chi connectivity index (χ2v) is 5.57. The highest BCUT2D eigenvalue weighted by Gasteiger charge is 2.23. The Morgan fingerprint density at radius 3 is 2.67 bits per heavy atom. The molecule has 2 rings (SSSR count). The number of carbonyl (C=O) groups is 2. The van der Waals surface area contributed by atoms with Crippen LogP contribution in [0.2, 0.25) is 0 Å². The first-order valence-corrected chi connectivity index (χ1v) is 7.27. The molecule has 0 saturated carbocycles. The van der Waals surface area contributed by atoms with E-state index in [9.17, 15) is 9.59 Å². The summed E-state index contributed by atoms with van der Waals surface area (Å²) in [6, 6.07) is -0.0351. The maximum absolute atomic E-state index is 12.3. The van der Waals surface area contributed by atoms with Gasteiger partial charge in [-0.3, -0.25) is 9.48 Å². The molecule has 0 aromatic carbocycles. The van der Waals surface area contributed by atoms with Crippen molar-refractivity contribution in [3.05, 3.63) is 17.5 Å². The highest BCUT2D eigenvalue weighted by atomic mass is 16.4. The molecule has 7 nitrogen and oxygen atoms in total. The van der Waals surface area contributed by atoms with Crippen LogP contribution in [0.3, 0.4) is 0 Å². The molecule has 1 amide bonds. The lowest BCUT2D eigenvalue weighted by molar-refractivity contribution is 0.0689. The highest BCUT2D eigenvalue weighted by Crippen LogP contribution is 2.10. The van der Waals surface area contributed by atoms with Crippen molar-refractivity contribution in [1.82, 2.24) is 20.0 Å². The molecule has 21 heavy (non-hydrogen) atoms. The number of nitrogens with zero attached hydrogens (tertiary/aromatic N) is 3. The van der Waals surface area contributed by atoms with Crippen LogP contribution >= 0.6 is 0 Å². The molecule has 1 fully saturated rings. The van der Waals surface area contributed by atoms with Crippen LogP contribution in [0.25, 0.3) is 0 Å². The fraction of sp³-hybridized carbons (Fsp3) is 0.643. The molecule has 0 bridgehead atoms. The molecule has 1 aliphatic heterocycles. The number of hydrogen-bond donors (Lipinski definition) is 2. The van der Waals surface area contributed by atoms with Gasteiger partial charge in [0.2, 0.25) is 0 Å². The van der Waals surface area contributed by atoms with E-state index in [-0.39, 0.29) is 17.3 Å². The number of rotatable bonds is 5. The molecule has 0 spiro atoms. The van der Waals surface area contributed by atoms with Crippen LogP contribution in [-0.4, -0.2) is 57.3 Å². The third kappa shape index (κ3) is 3.81. The van der Waals surface area contributed by atoms with Gasteiger partial charge in [-0.25, -0.2) is 4.79 Å². The van der Waals surface area contributed by atoms with Crippen molar-refractivity contribution in [2.24, 2.45) is 7.05 Å². The molecule has 116 valence electrons. The number of likely N-dealkylation sites (tertiary alicyclic amines) is 1. The van der Waals surface area contributed by atoms with Crippen LogP contribution in [0.5, 0.6) is 0 Å². The number of carbonyl (C=O) groups excluding carboxylic acids is 1. The van der Waals surface area contributed by atoms with Gasteiger partial charge in [-0.15, -0.1) is 0 Å². The third-order valence-electron chi connectivity index (χ3n) is 3.74. The lowest BCUT2D eigenvalue weighted by Gasteiger charge is -2.29. The Kier molecular flexibility index (Phi) is 4.95. The van der Waals surface area contributed by atoms with Gasteiger partial charge in [0.25, 0.3) is 5.91 Å². The fourth-order valence-corrected chi connectivity index (χ4v) is 2.73. The van der Waals surface area contributed by atoms with Crippen molar-refractivity contribution in [1.29, 1.82) is 0 Å². The van der Waals surface area contributed by atoms with E-state index in [0.717, 1.165) is 19.6 Å². The molecule has 0 radical (unpaired) electrons. The minimum atomic E-state index is -1.14. The fourth-order valence-electron chi connectivity index (χ4n) is 2.73. The molecule has 0 aliphatic carbocycles. The van der Waals surface area contributed by atoms with Crippen molar-refractivity contribution in [2.45, 2.75) is 32.2 Å². The molecule has 0 unspecified atom stereocenters. The minimum absolute atomic E-state index is 0.0351. The average Bonchev–Trinajstić information content (AvgIpc) is 2.81. The molecule has 1 atom stereocenters. The van der Waals surface area contributed by atoms with E-state index in [2.05, 4.69) is 15.3 Å². The summed E-state index contributed by atoms with van der Waals surface area (Å²) in [4.78, 5) is 25.7. The zero-order chi connectivity index (χ0) is 15.4. The quantitative estimate of drug-likeness (QED) is 0.835. The highest BCUT2D eigenvalue weighted by molar-refractivity contribution is 6.03. The van der Waals surface area contributed by atoms with Gasteiger partial charge in [0.05, 0.1) is 6.20 Å². The summed E-state index contributed by atoms with van der Waals surface area (Å²) in [5.41, 5.74) is 0.0215. The first-order chi connectivity index (χ1) is 9.99. The Bertz CT molecular complexity index is 520. The van der Waals surface area contributed by atoms with Crippen molar-refractivity contribution >= 4 is 11.9 Å². The summed E-state index contributed by atoms with van der Waals surface area (Å²) < 4.78 is 1.30. The Hall–Kier alpha value is -1.89. The van der Waals surface area contributed by atoms with E-state index in [1.165, 1.54) is 30.1 Å². The van der Waals surface area contributed by atoms with Crippen LogP contribution < -0.4 is 5.32 Å². The molecule has 2 N–H and O–H groups in total. The maximum Gasteiger partial charge on any atom is 0.339 e. The van der Waals surface area contributed by atoms with Crippen LogP contribution in [0.1, 0.15) is 47.0 Å². The van der Waals surface area contributed by atoms with E-state index in [0.29, 0.717) is 0 Å². The Morgan fingerprint density at radius 2 is 2.05 bits per heavy atom. The third-order valence-corrected chi connectivity index (χ3v) is 3.74. The number of carboxylic acids is 1. The van der Waals surface area contributed by atoms with Gasteiger partial charge in [0, 0.05) is 19.6 Å². The minimum Gasteiger partial charge on any atom is -0.478 e. The second-order valence-electron chi connectivity index (χ2n) is 5.57. The van der Waals surface area contributed by atoms with E-state index in [4.69, 9.17) is 5.11 Å². The molecule has 1 aromatic rings. The molecule has 1 aromatic heterocycles. The lowest BCUT2D eigenvalue weighted by atomic mass is 10.1. The summed E-state index contributed by atoms with van der Waals surface area (Å²) in [6.45, 7) is 4.84. The summed E-state index contributed by atoms with van der Waals surface area (Å²) in [5, 5.41) is 15.8. The summed E-state index contributed by atoms with van der Waals surface area (Å²) >= 11 is 0. The average molecular weight is 294 g/mol. The van der Waals surface area contributed by atoms with Gasteiger partial charge in [-0.05, 0) is 32.9 Å². The van der Waals surface area contributed by atoms with Gasteiger partial charge >= 0.3 is 5.97 Å². The van der Waals surface area contributed by atoms with E-state index in [1.807, 2.05) is 6.92 Å². The summed E-state index contributed by atoms with van der Waals surface area (Å²) in [7, 11) is 1.57. The zero-order valence-electron chi connectivity index (χ0n) is 12.5. The first-order valence-electron chi connectivity index (χ1n) is 7.27. The summed E-state index contributed by atoms with van der Waals surface area (Å²) in [6.07, 6.45) is 4.87. The predicted molar refractivity (Wildman–Crippen MR) is 77.4 cm³/mol. The molecule has 7 heteroatoms. The van der Waals surface area contributed by atoms with Crippen LogP contribution in [0.15, 0.2) is 6.20 Å². The topological polar surface area (TPSA) is 87.5 Å². The monoisotopic (exact) mass is 294 g/mol. The van der Waals surface area contributed by atoms with Crippen LogP contribution in [0.4, 0.5) is 0 Å². The molecular weight excluding hydrogens is 272 g/mol. The number of aromatic nitrogens is 2. The summed E-state index contributed by atoms with van der Waals surface area (Å²) in [5.74, 6) is -1.53. The van der Waals surface area contributed by atoms with Gasteiger partial charge in [-0.1, -0.05) is 6.42 Å². The SMILES string of the molecule is C[C@H](CN1CCCCC1)NC(=O)c1c(C(=O)O)cnn1C. The number of aromatic carboxylic acids is 1. The van der Waals surface area contributed by atoms with Crippen molar-refractivity contribution in [2.75, 3.05) is 19.6 Å². The largest absolute Gasteiger partial charge is 0.478 e. The number of aryl methyl sites for hydroxylation is 1. The van der Waals surface area contributed by atoms with Crippen molar-refractivity contribution < 1.29 is 14.7 Å². The Morgan fingerprint density at radius 1 is 1.38 bits per heavy atom.